The Bertz CT molecular complexity index is 428. The van der Waals surface area contributed by atoms with Crippen LogP contribution in [0.3, 0.4) is 0 Å². The van der Waals surface area contributed by atoms with Crippen LogP contribution in [0.2, 0.25) is 0 Å². The number of anilines is 1. The number of benzene rings is 1. The Morgan fingerprint density at radius 2 is 1.94 bits per heavy atom. The molecule has 0 saturated carbocycles. The minimum absolute atomic E-state index is 0.00716. The summed E-state index contributed by atoms with van der Waals surface area (Å²) in [6.07, 6.45) is 0. The summed E-state index contributed by atoms with van der Waals surface area (Å²) >= 11 is 1.81. The van der Waals surface area contributed by atoms with Crippen LogP contribution in [-0.2, 0) is 6.61 Å². The highest BCUT2D eigenvalue weighted by Crippen LogP contribution is 2.34. The Morgan fingerprint density at radius 1 is 1.33 bits per heavy atom. The lowest BCUT2D eigenvalue weighted by Crippen LogP contribution is -2.44. The molecule has 0 bridgehead atoms. The van der Waals surface area contributed by atoms with Crippen molar-refractivity contribution in [1.29, 1.82) is 0 Å². The minimum Gasteiger partial charge on any atom is -0.392 e. The number of thioether (sulfide) groups is 1. The first-order valence-corrected chi connectivity index (χ1v) is 6.89. The maximum atomic E-state index is 13.9. The molecule has 1 aromatic carbocycles. The van der Waals surface area contributed by atoms with E-state index in [-0.39, 0.29) is 22.6 Å². The summed E-state index contributed by atoms with van der Waals surface area (Å²) in [6.45, 7) is 5.04. The van der Waals surface area contributed by atoms with Gasteiger partial charge in [0.05, 0.1) is 6.61 Å². The average molecular weight is 273 g/mol. The van der Waals surface area contributed by atoms with Gasteiger partial charge in [0.2, 0.25) is 0 Å². The van der Waals surface area contributed by atoms with Crippen LogP contribution in [0.4, 0.5) is 14.5 Å². The van der Waals surface area contributed by atoms with Crippen molar-refractivity contribution in [3.05, 3.63) is 29.3 Å². The fraction of sp³-hybridized carbons (Fsp3) is 0.538. The maximum Gasteiger partial charge on any atom is 0.149 e. The second-order valence-electron chi connectivity index (χ2n) is 5.10. The highest BCUT2D eigenvalue weighted by atomic mass is 32.2. The number of halogens is 2. The Morgan fingerprint density at radius 3 is 2.44 bits per heavy atom. The van der Waals surface area contributed by atoms with Crippen LogP contribution in [0.15, 0.2) is 12.1 Å². The summed E-state index contributed by atoms with van der Waals surface area (Å²) in [5, 5.41) is 8.92. The Balaban J connectivity index is 2.33. The van der Waals surface area contributed by atoms with Crippen LogP contribution in [0.1, 0.15) is 19.4 Å². The monoisotopic (exact) mass is 273 g/mol. The third kappa shape index (κ3) is 2.78. The van der Waals surface area contributed by atoms with E-state index in [2.05, 4.69) is 13.8 Å². The highest BCUT2D eigenvalue weighted by molar-refractivity contribution is 8.00. The average Bonchev–Trinajstić information content (AvgIpc) is 2.26. The van der Waals surface area contributed by atoms with Gasteiger partial charge in [-0.25, -0.2) is 8.78 Å². The summed E-state index contributed by atoms with van der Waals surface area (Å²) in [5.74, 6) is -0.336. The van der Waals surface area contributed by atoms with Crippen LogP contribution in [0, 0.1) is 11.6 Å². The van der Waals surface area contributed by atoms with E-state index >= 15 is 0 Å². The molecule has 2 nitrogen and oxygen atoms in total. The molecule has 0 amide bonds. The van der Waals surface area contributed by atoms with Gasteiger partial charge in [0.1, 0.15) is 17.3 Å². The van der Waals surface area contributed by atoms with E-state index in [1.54, 1.807) is 4.90 Å². The molecule has 0 aliphatic carbocycles. The van der Waals surface area contributed by atoms with Crippen molar-refractivity contribution in [1.82, 2.24) is 0 Å². The molecule has 1 N–H and O–H groups in total. The Kier molecular flexibility index (Phi) is 3.82. The smallest absolute Gasteiger partial charge is 0.149 e. The van der Waals surface area contributed by atoms with Crippen molar-refractivity contribution in [3.8, 4) is 0 Å². The van der Waals surface area contributed by atoms with E-state index in [9.17, 15) is 8.78 Å². The largest absolute Gasteiger partial charge is 0.392 e. The number of nitrogens with zero attached hydrogens (tertiary/aromatic N) is 1. The topological polar surface area (TPSA) is 23.5 Å². The van der Waals surface area contributed by atoms with Crippen LogP contribution in [0.25, 0.3) is 0 Å². The van der Waals surface area contributed by atoms with E-state index in [0.29, 0.717) is 13.1 Å². The molecular weight excluding hydrogens is 256 g/mol. The van der Waals surface area contributed by atoms with Gasteiger partial charge in [0, 0.05) is 23.6 Å². The van der Waals surface area contributed by atoms with E-state index in [0.717, 1.165) is 5.75 Å². The molecular formula is C13H17F2NOS. The second kappa shape index (κ2) is 5.05. The van der Waals surface area contributed by atoms with Gasteiger partial charge in [0.25, 0.3) is 0 Å². The van der Waals surface area contributed by atoms with Crippen molar-refractivity contribution in [2.45, 2.75) is 25.2 Å². The highest BCUT2D eigenvalue weighted by Gasteiger charge is 2.30. The first kappa shape index (κ1) is 13.6. The van der Waals surface area contributed by atoms with Crippen LogP contribution < -0.4 is 4.90 Å². The molecule has 2 rings (SSSR count). The SMILES string of the molecule is CC1(C)CN(c2c(F)cc(CO)cc2F)CCS1. The maximum absolute atomic E-state index is 13.9. The fourth-order valence-corrected chi connectivity index (χ4v) is 3.33. The molecule has 0 aromatic heterocycles. The van der Waals surface area contributed by atoms with E-state index < -0.39 is 11.6 Å². The molecule has 0 spiro atoms. The first-order valence-electron chi connectivity index (χ1n) is 5.90. The van der Waals surface area contributed by atoms with Gasteiger partial charge in [-0.1, -0.05) is 0 Å². The molecule has 0 radical (unpaired) electrons. The number of hydrogen-bond acceptors (Lipinski definition) is 3. The number of aliphatic hydroxyl groups is 1. The molecule has 0 atom stereocenters. The lowest BCUT2D eigenvalue weighted by Gasteiger charge is -2.39. The molecule has 1 aliphatic heterocycles. The van der Waals surface area contributed by atoms with E-state index in [1.807, 2.05) is 11.8 Å². The molecule has 0 unspecified atom stereocenters. The first-order chi connectivity index (χ1) is 8.43. The number of aliphatic hydroxyl groups excluding tert-OH is 1. The molecule has 100 valence electrons. The summed E-state index contributed by atoms with van der Waals surface area (Å²) in [7, 11) is 0. The van der Waals surface area contributed by atoms with Gasteiger partial charge < -0.3 is 10.0 Å². The van der Waals surface area contributed by atoms with Gasteiger partial charge in [-0.3, -0.25) is 0 Å². The second-order valence-corrected chi connectivity index (χ2v) is 6.90. The van der Waals surface area contributed by atoms with Gasteiger partial charge in [-0.05, 0) is 31.5 Å². The zero-order valence-electron chi connectivity index (χ0n) is 10.5. The molecule has 18 heavy (non-hydrogen) atoms. The molecule has 5 heteroatoms. The van der Waals surface area contributed by atoms with E-state index in [4.69, 9.17) is 5.11 Å². The van der Waals surface area contributed by atoms with Crippen LogP contribution in [0.5, 0.6) is 0 Å². The third-order valence-corrected chi connectivity index (χ3v) is 4.30. The standard InChI is InChI=1S/C13H17F2NOS/c1-13(2)8-16(3-4-18-13)12-10(14)5-9(7-17)6-11(12)15/h5-6,17H,3-4,7-8H2,1-2H3. The molecule has 1 saturated heterocycles. The quantitative estimate of drug-likeness (QED) is 0.896. The predicted molar refractivity (Wildman–Crippen MR) is 71.0 cm³/mol. The Hall–Kier alpha value is -0.810. The lowest BCUT2D eigenvalue weighted by molar-refractivity contribution is 0.280. The zero-order chi connectivity index (χ0) is 13.3. The predicted octanol–water partition coefficient (Wildman–Crippen LogP) is 2.79. The van der Waals surface area contributed by atoms with Gasteiger partial charge in [0.15, 0.2) is 0 Å². The van der Waals surface area contributed by atoms with Crippen molar-refractivity contribution < 1.29 is 13.9 Å². The molecule has 1 aliphatic rings. The van der Waals surface area contributed by atoms with Crippen LogP contribution >= 0.6 is 11.8 Å². The normalized spacial score (nSPS) is 19.1. The van der Waals surface area contributed by atoms with Gasteiger partial charge >= 0.3 is 0 Å². The van der Waals surface area contributed by atoms with Crippen LogP contribution in [-0.4, -0.2) is 28.7 Å². The summed E-state index contributed by atoms with van der Waals surface area (Å²) in [5.41, 5.74) is 0.292. The van der Waals surface area contributed by atoms with Crippen molar-refractivity contribution >= 4 is 17.4 Å². The summed E-state index contributed by atoms with van der Waals surface area (Å²) in [6, 6.07) is 2.40. The lowest BCUT2D eigenvalue weighted by atomic mass is 10.1. The zero-order valence-corrected chi connectivity index (χ0v) is 11.4. The third-order valence-electron chi connectivity index (χ3n) is 3.00. The number of rotatable bonds is 2. The molecule has 1 fully saturated rings. The Labute approximate surface area is 110 Å². The van der Waals surface area contributed by atoms with Crippen molar-refractivity contribution in [3.63, 3.8) is 0 Å². The van der Waals surface area contributed by atoms with Gasteiger partial charge in [-0.2, -0.15) is 11.8 Å². The van der Waals surface area contributed by atoms with E-state index in [1.165, 1.54) is 12.1 Å². The van der Waals surface area contributed by atoms with Crippen molar-refractivity contribution in [2.24, 2.45) is 0 Å². The van der Waals surface area contributed by atoms with Gasteiger partial charge in [-0.15, -0.1) is 0 Å². The summed E-state index contributed by atoms with van der Waals surface area (Å²) in [4.78, 5) is 1.75. The molecule has 1 heterocycles. The summed E-state index contributed by atoms with van der Waals surface area (Å²) < 4.78 is 27.9. The van der Waals surface area contributed by atoms with Crippen molar-refractivity contribution in [2.75, 3.05) is 23.7 Å². The fourth-order valence-electron chi connectivity index (χ4n) is 2.22. The number of hydrogen-bond donors (Lipinski definition) is 1. The minimum atomic E-state index is -0.596. The molecule has 1 aromatic rings.